The maximum absolute atomic E-state index is 12.6. The van der Waals surface area contributed by atoms with Crippen LogP contribution >= 0.6 is 0 Å². The van der Waals surface area contributed by atoms with Crippen molar-refractivity contribution >= 4 is 17.9 Å². The average molecular weight is 398 g/mol. The fraction of sp³-hybridized carbons (Fsp3) is 0.750. The zero-order chi connectivity index (χ0) is 21.5. The molecule has 8 nitrogen and oxygen atoms in total. The quantitative estimate of drug-likeness (QED) is 0.347. The summed E-state index contributed by atoms with van der Waals surface area (Å²) in [5.74, 6) is -1.81. The van der Waals surface area contributed by atoms with Crippen LogP contribution in [0.5, 0.6) is 0 Å². The van der Waals surface area contributed by atoms with Gasteiger partial charge in [-0.3, -0.25) is 9.59 Å². The Balaban J connectivity index is 3.31. The molecule has 1 saturated heterocycles. The zero-order valence-corrected chi connectivity index (χ0v) is 17.4. The van der Waals surface area contributed by atoms with Gasteiger partial charge in [-0.2, -0.15) is 0 Å². The van der Waals surface area contributed by atoms with Gasteiger partial charge in [-0.25, -0.2) is 4.79 Å². The number of esters is 3. The summed E-state index contributed by atoms with van der Waals surface area (Å²) in [4.78, 5) is 35.6. The van der Waals surface area contributed by atoms with Crippen LogP contribution in [0.15, 0.2) is 0 Å². The molecule has 8 heteroatoms. The molecule has 0 aromatic rings. The Kier molecular flexibility index (Phi) is 8.92. The van der Waals surface area contributed by atoms with Gasteiger partial charge in [-0.1, -0.05) is 26.7 Å². The molecule has 158 valence electrons. The van der Waals surface area contributed by atoms with Crippen molar-refractivity contribution in [2.75, 3.05) is 13.7 Å². The molecule has 28 heavy (non-hydrogen) atoms. The first-order chi connectivity index (χ1) is 13.1. The van der Waals surface area contributed by atoms with E-state index in [1.807, 2.05) is 20.8 Å². The van der Waals surface area contributed by atoms with Crippen molar-refractivity contribution in [3.63, 3.8) is 0 Å². The standard InChI is InChI=1S/C20H30O8/c1-8-10-25-20(19(23)24-7)11-17(27-15(6)22)13(4)18(28-20)12(3)16(9-2)26-14(5)21/h1,12-13,16-18H,9-11H2,2-7H3/t12?,13-,16?,17-,18?,20-/m1/s1. The van der Waals surface area contributed by atoms with Crippen molar-refractivity contribution in [1.82, 2.24) is 0 Å². The van der Waals surface area contributed by atoms with E-state index in [-0.39, 0.29) is 24.9 Å². The van der Waals surface area contributed by atoms with Gasteiger partial charge in [0.1, 0.15) is 18.8 Å². The van der Waals surface area contributed by atoms with E-state index in [1.54, 1.807) is 0 Å². The fourth-order valence-corrected chi connectivity index (χ4v) is 3.57. The van der Waals surface area contributed by atoms with Crippen molar-refractivity contribution < 1.29 is 38.1 Å². The summed E-state index contributed by atoms with van der Waals surface area (Å²) >= 11 is 0. The van der Waals surface area contributed by atoms with E-state index < -0.39 is 42.0 Å². The Labute approximate surface area is 166 Å². The lowest BCUT2D eigenvalue weighted by Crippen LogP contribution is -2.60. The SMILES string of the molecule is C#CCO[C@]1(C(=O)OC)C[C@@H](OC(C)=O)[C@@H](C)C(C(C)C(CC)OC(C)=O)O1. The first-order valence-corrected chi connectivity index (χ1v) is 9.29. The van der Waals surface area contributed by atoms with Crippen LogP contribution in [0.3, 0.4) is 0 Å². The van der Waals surface area contributed by atoms with Crippen LogP contribution in [0.2, 0.25) is 0 Å². The molecule has 1 heterocycles. The van der Waals surface area contributed by atoms with Crippen LogP contribution in [0.4, 0.5) is 0 Å². The van der Waals surface area contributed by atoms with E-state index in [9.17, 15) is 14.4 Å². The predicted molar refractivity (Wildman–Crippen MR) is 98.7 cm³/mol. The Morgan fingerprint density at radius 1 is 1.29 bits per heavy atom. The topological polar surface area (TPSA) is 97.4 Å². The Hall–Kier alpha value is -2.11. The van der Waals surface area contributed by atoms with Crippen molar-refractivity contribution in [3.05, 3.63) is 0 Å². The second kappa shape index (κ2) is 10.4. The molecule has 0 amide bonds. The minimum atomic E-state index is -1.82. The molecular formula is C20H30O8. The van der Waals surface area contributed by atoms with Crippen molar-refractivity contribution in [3.8, 4) is 12.3 Å². The highest BCUT2D eigenvalue weighted by Gasteiger charge is 2.55. The van der Waals surface area contributed by atoms with E-state index >= 15 is 0 Å². The number of carbonyl (C=O) groups is 3. The van der Waals surface area contributed by atoms with Gasteiger partial charge in [-0.05, 0) is 6.42 Å². The molecule has 0 aromatic heterocycles. The van der Waals surface area contributed by atoms with Gasteiger partial charge in [-0.15, -0.1) is 6.42 Å². The number of rotatable bonds is 8. The molecule has 0 N–H and O–H groups in total. The lowest BCUT2D eigenvalue weighted by molar-refractivity contribution is -0.310. The van der Waals surface area contributed by atoms with Gasteiger partial charge >= 0.3 is 17.9 Å². The largest absolute Gasteiger partial charge is 0.465 e. The molecule has 1 aliphatic heterocycles. The highest BCUT2D eigenvalue weighted by Crippen LogP contribution is 2.40. The van der Waals surface area contributed by atoms with Gasteiger partial charge < -0.3 is 23.7 Å². The maximum atomic E-state index is 12.6. The van der Waals surface area contributed by atoms with E-state index in [0.717, 1.165) is 0 Å². The Morgan fingerprint density at radius 3 is 2.39 bits per heavy atom. The molecule has 0 radical (unpaired) electrons. The van der Waals surface area contributed by atoms with Gasteiger partial charge in [0.15, 0.2) is 0 Å². The third kappa shape index (κ3) is 5.69. The van der Waals surface area contributed by atoms with Gasteiger partial charge in [0, 0.05) is 25.7 Å². The lowest BCUT2D eigenvalue weighted by Gasteiger charge is -2.47. The van der Waals surface area contributed by atoms with Crippen LogP contribution < -0.4 is 0 Å². The van der Waals surface area contributed by atoms with E-state index in [1.165, 1.54) is 21.0 Å². The van der Waals surface area contributed by atoms with Crippen LogP contribution in [-0.4, -0.2) is 55.7 Å². The number of methoxy groups -OCH3 is 1. The van der Waals surface area contributed by atoms with E-state index in [2.05, 4.69) is 5.92 Å². The predicted octanol–water partition coefficient (Wildman–Crippen LogP) is 1.84. The zero-order valence-electron chi connectivity index (χ0n) is 17.4. The van der Waals surface area contributed by atoms with Gasteiger partial charge in [0.25, 0.3) is 5.79 Å². The highest BCUT2D eigenvalue weighted by molar-refractivity contribution is 5.78. The summed E-state index contributed by atoms with van der Waals surface area (Å²) in [5.41, 5.74) is 0. The molecule has 1 fully saturated rings. The second-order valence-corrected chi connectivity index (χ2v) is 6.95. The Morgan fingerprint density at radius 2 is 1.93 bits per heavy atom. The first kappa shape index (κ1) is 23.9. The summed E-state index contributed by atoms with van der Waals surface area (Å²) in [5, 5.41) is 0. The number of hydrogen-bond acceptors (Lipinski definition) is 8. The summed E-state index contributed by atoms with van der Waals surface area (Å²) in [7, 11) is 1.21. The van der Waals surface area contributed by atoms with Gasteiger partial charge in [0.2, 0.25) is 0 Å². The highest BCUT2D eigenvalue weighted by atomic mass is 16.7. The molecule has 6 atom stereocenters. The van der Waals surface area contributed by atoms with Crippen LogP contribution in [0.1, 0.15) is 47.5 Å². The molecule has 0 bridgehead atoms. The van der Waals surface area contributed by atoms with E-state index in [4.69, 9.17) is 30.1 Å². The molecular weight excluding hydrogens is 368 g/mol. The second-order valence-electron chi connectivity index (χ2n) is 6.95. The summed E-state index contributed by atoms with van der Waals surface area (Å²) in [6, 6.07) is 0. The molecule has 1 rings (SSSR count). The average Bonchev–Trinajstić information content (AvgIpc) is 2.64. The van der Waals surface area contributed by atoms with Gasteiger partial charge in [0.05, 0.1) is 19.6 Å². The number of ether oxygens (including phenoxy) is 5. The molecule has 0 aromatic carbocycles. The first-order valence-electron chi connectivity index (χ1n) is 9.29. The van der Waals surface area contributed by atoms with Crippen LogP contribution in [0.25, 0.3) is 0 Å². The van der Waals surface area contributed by atoms with E-state index in [0.29, 0.717) is 6.42 Å². The lowest BCUT2D eigenvalue weighted by atomic mass is 9.80. The minimum absolute atomic E-state index is 0.0598. The monoisotopic (exact) mass is 398 g/mol. The molecule has 0 saturated carbocycles. The third-order valence-electron chi connectivity index (χ3n) is 4.93. The number of carbonyl (C=O) groups excluding carboxylic acids is 3. The molecule has 0 aliphatic carbocycles. The van der Waals surface area contributed by atoms with Crippen molar-refractivity contribution in [1.29, 1.82) is 0 Å². The number of terminal acetylenes is 1. The summed E-state index contributed by atoms with van der Waals surface area (Å²) in [6.07, 6.45) is 4.01. The fourth-order valence-electron chi connectivity index (χ4n) is 3.57. The third-order valence-corrected chi connectivity index (χ3v) is 4.93. The molecule has 0 spiro atoms. The summed E-state index contributed by atoms with van der Waals surface area (Å²) < 4.78 is 27.4. The maximum Gasteiger partial charge on any atom is 0.366 e. The number of hydrogen-bond donors (Lipinski definition) is 0. The minimum Gasteiger partial charge on any atom is -0.465 e. The van der Waals surface area contributed by atoms with Crippen LogP contribution in [0, 0.1) is 24.2 Å². The normalized spacial score (nSPS) is 29.1. The van der Waals surface area contributed by atoms with Crippen molar-refractivity contribution in [2.24, 2.45) is 11.8 Å². The molecule has 3 unspecified atom stereocenters. The van der Waals surface area contributed by atoms with Crippen molar-refractivity contribution in [2.45, 2.75) is 71.6 Å². The smallest absolute Gasteiger partial charge is 0.366 e. The van der Waals surface area contributed by atoms with Crippen LogP contribution in [-0.2, 0) is 38.1 Å². The Bertz CT molecular complexity index is 610. The summed E-state index contributed by atoms with van der Waals surface area (Å²) in [6.45, 7) is 7.99. The molecule has 1 aliphatic rings.